The molecule has 2 heterocycles. The molecule has 2 rings (SSSR count). The van der Waals surface area contributed by atoms with Crippen LogP contribution in [0.2, 0.25) is 0 Å². The normalized spacial score (nSPS) is 12.2. The number of pyridine rings is 1. The van der Waals surface area contributed by atoms with Crippen LogP contribution in [-0.2, 0) is 5.41 Å². The number of aromatic nitrogens is 4. The van der Waals surface area contributed by atoms with E-state index in [2.05, 4.69) is 42.4 Å². The zero-order valence-corrected chi connectivity index (χ0v) is 8.02. The lowest BCUT2D eigenvalue weighted by molar-refractivity contribution is 0.584. The van der Waals surface area contributed by atoms with Crippen molar-refractivity contribution in [3.05, 3.63) is 23.9 Å². The first-order valence-electron chi connectivity index (χ1n) is 4.25. The van der Waals surface area contributed by atoms with E-state index in [1.54, 1.807) is 4.52 Å². The Hall–Kier alpha value is -1.45. The number of tetrazole rings is 1. The summed E-state index contributed by atoms with van der Waals surface area (Å²) in [5.74, 6) is 0. The minimum absolute atomic E-state index is 0.139. The molecule has 4 nitrogen and oxygen atoms in total. The van der Waals surface area contributed by atoms with Crippen molar-refractivity contribution in [2.75, 3.05) is 0 Å². The molecule has 0 radical (unpaired) electrons. The summed E-state index contributed by atoms with van der Waals surface area (Å²) in [6.45, 7) is 6.50. The van der Waals surface area contributed by atoms with E-state index in [1.807, 2.05) is 12.3 Å². The molecule has 0 saturated heterocycles. The average molecular weight is 176 g/mol. The van der Waals surface area contributed by atoms with Crippen molar-refractivity contribution in [1.29, 1.82) is 0 Å². The molecule has 0 aliphatic heterocycles. The lowest BCUT2D eigenvalue weighted by Gasteiger charge is -2.18. The molecular weight excluding hydrogens is 164 g/mol. The fourth-order valence-electron chi connectivity index (χ4n) is 1.18. The third-order valence-electron chi connectivity index (χ3n) is 2.06. The van der Waals surface area contributed by atoms with Crippen LogP contribution in [0.15, 0.2) is 18.3 Å². The highest BCUT2D eigenvalue weighted by Gasteiger charge is 2.14. The Morgan fingerprint density at radius 2 is 2.00 bits per heavy atom. The molecule has 0 amide bonds. The van der Waals surface area contributed by atoms with Gasteiger partial charge in [-0.25, -0.2) is 4.52 Å². The van der Waals surface area contributed by atoms with Gasteiger partial charge in [0, 0.05) is 6.20 Å². The van der Waals surface area contributed by atoms with Crippen molar-refractivity contribution in [3.63, 3.8) is 0 Å². The number of rotatable bonds is 0. The first-order valence-corrected chi connectivity index (χ1v) is 4.25. The summed E-state index contributed by atoms with van der Waals surface area (Å²) in [6.07, 6.45) is 1.97. The zero-order valence-electron chi connectivity index (χ0n) is 8.02. The molecule has 0 aromatic carbocycles. The van der Waals surface area contributed by atoms with Gasteiger partial charge in [0.15, 0.2) is 5.65 Å². The monoisotopic (exact) mass is 176 g/mol. The second-order valence-electron chi connectivity index (χ2n) is 4.15. The maximum Gasteiger partial charge on any atom is 0.179 e. The Kier molecular flexibility index (Phi) is 1.58. The van der Waals surface area contributed by atoms with Crippen LogP contribution in [0.4, 0.5) is 0 Å². The first kappa shape index (κ1) is 8.16. The standard InChI is InChI=1S/C9H12N4/c1-9(2,3)7-4-5-8-10-11-12-13(8)6-7/h4-6H,1-3H3. The van der Waals surface area contributed by atoms with Crippen LogP contribution >= 0.6 is 0 Å². The van der Waals surface area contributed by atoms with Crippen LogP contribution in [0, 0.1) is 0 Å². The fourth-order valence-corrected chi connectivity index (χ4v) is 1.18. The van der Waals surface area contributed by atoms with Gasteiger partial charge in [-0.3, -0.25) is 0 Å². The lowest BCUT2D eigenvalue weighted by Crippen LogP contribution is -2.12. The van der Waals surface area contributed by atoms with E-state index >= 15 is 0 Å². The van der Waals surface area contributed by atoms with Crippen LogP contribution in [0.3, 0.4) is 0 Å². The van der Waals surface area contributed by atoms with Crippen molar-refractivity contribution in [1.82, 2.24) is 20.0 Å². The van der Waals surface area contributed by atoms with E-state index in [1.165, 1.54) is 5.56 Å². The van der Waals surface area contributed by atoms with E-state index in [-0.39, 0.29) is 5.41 Å². The zero-order chi connectivity index (χ0) is 9.47. The van der Waals surface area contributed by atoms with Crippen LogP contribution in [-0.4, -0.2) is 20.0 Å². The molecule has 0 bridgehead atoms. The Morgan fingerprint density at radius 1 is 1.23 bits per heavy atom. The van der Waals surface area contributed by atoms with E-state index in [4.69, 9.17) is 0 Å². The molecule has 2 aromatic rings. The van der Waals surface area contributed by atoms with Gasteiger partial charge in [0.2, 0.25) is 0 Å². The molecule has 0 aliphatic rings. The highest BCUT2D eigenvalue weighted by molar-refractivity contribution is 5.37. The molecule has 0 unspecified atom stereocenters. The average Bonchev–Trinajstić information content (AvgIpc) is 2.47. The summed E-state index contributed by atoms with van der Waals surface area (Å²) in [5, 5.41) is 11.3. The summed E-state index contributed by atoms with van der Waals surface area (Å²) < 4.78 is 1.70. The molecule has 4 heteroatoms. The van der Waals surface area contributed by atoms with E-state index in [0.29, 0.717) is 0 Å². The lowest BCUT2D eigenvalue weighted by atomic mass is 9.88. The molecule has 0 aliphatic carbocycles. The van der Waals surface area contributed by atoms with Gasteiger partial charge >= 0.3 is 0 Å². The van der Waals surface area contributed by atoms with E-state index < -0.39 is 0 Å². The molecule has 0 atom stereocenters. The quantitative estimate of drug-likeness (QED) is 0.609. The Bertz CT molecular complexity index is 424. The van der Waals surface area contributed by atoms with Crippen molar-refractivity contribution in [2.45, 2.75) is 26.2 Å². The number of hydrogen-bond donors (Lipinski definition) is 0. The Balaban J connectivity index is 2.61. The summed E-state index contributed by atoms with van der Waals surface area (Å²) in [5.41, 5.74) is 2.15. The highest BCUT2D eigenvalue weighted by atomic mass is 15.5. The van der Waals surface area contributed by atoms with E-state index in [9.17, 15) is 0 Å². The molecular formula is C9H12N4. The Labute approximate surface area is 76.6 Å². The van der Waals surface area contributed by atoms with Gasteiger partial charge in [-0.1, -0.05) is 26.8 Å². The summed E-state index contributed by atoms with van der Waals surface area (Å²) in [6, 6.07) is 3.99. The van der Waals surface area contributed by atoms with Gasteiger partial charge in [0.25, 0.3) is 0 Å². The predicted octanol–water partition coefficient (Wildman–Crippen LogP) is 1.42. The van der Waals surface area contributed by atoms with E-state index in [0.717, 1.165) is 5.65 Å². The van der Waals surface area contributed by atoms with Crippen LogP contribution in [0.25, 0.3) is 5.65 Å². The fraction of sp³-hybridized carbons (Fsp3) is 0.444. The third-order valence-corrected chi connectivity index (χ3v) is 2.06. The summed E-state index contributed by atoms with van der Waals surface area (Å²) >= 11 is 0. The van der Waals surface area contributed by atoms with Crippen LogP contribution in [0.1, 0.15) is 26.3 Å². The number of fused-ring (bicyclic) bond motifs is 1. The summed E-state index contributed by atoms with van der Waals surface area (Å²) in [7, 11) is 0. The van der Waals surface area contributed by atoms with Crippen LogP contribution < -0.4 is 0 Å². The SMILES string of the molecule is CC(C)(C)c1ccc2nnnn2c1. The van der Waals surface area contributed by atoms with Crippen LogP contribution in [0.5, 0.6) is 0 Å². The smallest absolute Gasteiger partial charge is 0.179 e. The maximum absolute atomic E-state index is 3.85. The molecule has 68 valence electrons. The highest BCUT2D eigenvalue weighted by Crippen LogP contribution is 2.21. The molecule has 0 fully saturated rings. The van der Waals surface area contributed by atoms with Gasteiger partial charge < -0.3 is 0 Å². The number of nitrogens with zero attached hydrogens (tertiary/aromatic N) is 4. The van der Waals surface area contributed by atoms with Crippen molar-refractivity contribution in [3.8, 4) is 0 Å². The topological polar surface area (TPSA) is 43.1 Å². The minimum Gasteiger partial charge on any atom is -0.200 e. The molecule has 2 aromatic heterocycles. The molecule has 0 saturated carbocycles. The maximum atomic E-state index is 3.85. The van der Waals surface area contributed by atoms with Gasteiger partial charge in [-0.15, -0.1) is 5.10 Å². The third kappa shape index (κ3) is 1.39. The molecule has 0 N–H and O–H groups in total. The second kappa shape index (κ2) is 2.52. The first-order chi connectivity index (χ1) is 6.07. The van der Waals surface area contributed by atoms with Gasteiger partial charge in [-0.05, 0) is 27.5 Å². The predicted molar refractivity (Wildman–Crippen MR) is 49.5 cm³/mol. The molecule has 0 spiro atoms. The molecule has 13 heavy (non-hydrogen) atoms. The second-order valence-corrected chi connectivity index (χ2v) is 4.15. The number of hydrogen-bond acceptors (Lipinski definition) is 3. The minimum atomic E-state index is 0.139. The Morgan fingerprint density at radius 3 is 2.69 bits per heavy atom. The van der Waals surface area contributed by atoms with Crippen molar-refractivity contribution < 1.29 is 0 Å². The van der Waals surface area contributed by atoms with Crippen molar-refractivity contribution >= 4 is 5.65 Å². The largest absolute Gasteiger partial charge is 0.200 e. The summed E-state index contributed by atoms with van der Waals surface area (Å²) in [4.78, 5) is 0. The van der Waals surface area contributed by atoms with Gasteiger partial charge in [0.05, 0.1) is 0 Å². The van der Waals surface area contributed by atoms with Crippen molar-refractivity contribution in [2.24, 2.45) is 0 Å². The van der Waals surface area contributed by atoms with Gasteiger partial charge in [0.1, 0.15) is 0 Å². The van der Waals surface area contributed by atoms with Gasteiger partial charge in [-0.2, -0.15) is 0 Å².